The summed E-state index contributed by atoms with van der Waals surface area (Å²) in [6, 6.07) is 5.81. The molecule has 1 aliphatic rings. The van der Waals surface area contributed by atoms with E-state index in [1.165, 1.54) is 32.5 Å². The molecule has 1 amide bonds. The van der Waals surface area contributed by atoms with Gasteiger partial charge >= 0.3 is 5.97 Å². The zero-order chi connectivity index (χ0) is 23.8. The zero-order valence-corrected chi connectivity index (χ0v) is 20.0. The molecule has 0 bridgehead atoms. The lowest BCUT2D eigenvalue weighted by Gasteiger charge is -2.22. The fourth-order valence-corrected chi connectivity index (χ4v) is 6.41. The van der Waals surface area contributed by atoms with Gasteiger partial charge in [-0.25, -0.2) is 18.2 Å². The summed E-state index contributed by atoms with van der Waals surface area (Å²) >= 11 is 1.29. The monoisotopic (exact) mass is 492 g/mol. The molecule has 1 saturated heterocycles. The Morgan fingerprint density at radius 1 is 1.30 bits per heavy atom. The van der Waals surface area contributed by atoms with E-state index >= 15 is 0 Å². The van der Waals surface area contributed by atoms with Crippen LogP contribution in [-0.2, 0) is 26.6 Å². The lowest BCUT2D eigenvalue weighted by atomic mass is 10.2. The van der Waals surface area contributed by atoms with Crippen molar-refractivity contribution in [1.82, 2.24) is 13.9 Å². The van der Waals surface area contributed by atoms with E-state index in [9.17, 15) is 18.0 Å². The number of thiazole rings is 1. The summed E-state index contributed by atoms with van der Waals surface area (Å²) in [7, 11) is -0.856. The Morgan fingerprint density at radius 2 is 2.09 bits per heavy atom. The molecule has 0 unspecified atom stereocenters. The van der Waals surface area contributed by atoms with Crippen molar-refractivity contribution in [2.24, 2.45) is 7.05 Å². The van der Waals surface area contributed by atoms with Gasteiger partial charge in [0.2, 0.25) is 15.9 Å². The Labute approximate surface area is 195 Å². The minimum Gasteiger partial charge on any atom is -0.497 e. The van der Waals surface area contributed by atoms with Gasteiger partial charge in [-0.1, -0.05) is 11.3 Å². The van der Waals surface area contributed by atoms with E-state index in [0.29, 0.717) is 29.2 Å². The molecule has 1 aliphatic heterocycles. The van der Waals surface area contributed by atoms with Gasteiger partial charge in [-0.05, 0) is 44.0 Å². The summed E-state index contributed by atoms with van der Waals surface area (Å²) in [6.45, 7) is 2.06. The number of carbonyl (C=O) groups excluding carboxylic acids is 2. The molecule has 12 heteroatoms. The van der Waals surface area contributed by atoms with E-state index in [1.54, 1.807) is 33.2 Å². The van der Waals surface area contributed by atoms with E-state index in [-0.39, 0.29) is 23.7 Å². The van der Waals surface area contributed by atoms with Gasteiger partial charge in [0.1, 0.15) is 22.4 Å². The van der Waals surface area contributed by atoms with Crippen molar-refractivity contribution in [3.05, 3.63) is 36.2 Å². The Balaban J connectivity index is 1.55. The molecule has 2 aromatic heterocycles. The maximum Gasteiger partial charge on any atom is 0.354 e. The molecule has 0 spiro atoms. The predicted octanol–water partition coefficient (Wildman–Crippen LogP) is 2.61. The first-order valence-electron chi connectivity index (χ1n) is 10.4. The lowest BCUT2D eigenvalue weighted by Crippen LogP contribution is -2.43. The SMILES string of the molecule is CCOC(=O)c1cc(S(=O)(=O)N2CCC[C@@H]2C(=O)Nc2nc3ccc(OC)cc3s2)cn1C. The smallest absolute Gasteiger partial charge is 0.354 e. The summed E-state index contributed by atoms with van der Waals surface area (Å²) in [5.74, 6) is -0.365. The minimum atomic E-state index is -4.00. The minimum absolute atomic E-state index is 0.0557. The van der Waals surface area contributed by atoms with Crippen LogP contribution in [0.25, 0.3) is 10.2 Å². The van der Waals surface area contributed by atoms with E-state index in [2.05, 4.69) is 10.3 Å². The molecule has 1 fully saturated rings. The van der Waals surface area contributed by atoms with E-state index in [0.717, 1.165) is 4.70 Å². The first-order chi connectivity index (χ1) is 15.7. The number of aromatic nitrogens is 2. The Kier molecular flexibility index (Phi) is 6.41. The van der Waals surface area contributed by atoms with Crippen LogP contribution < -0.4 is 10.1 Å². The number of esters is 1. The number of ether oxygens (including phenoxy) is 2. The van der Waals surface area contributed by atoms with Crippen LogP contribution in [0.5, 0.6) is 5.75 Å². The van der Waals surface area contributed by atoms with Crippen molar-refractivity contribution in [2.75, 3.05) is 25.6 Å². The van der Waals surface area contributed by atoms with Gasteiger partial charge in [-0.2, -0.15) is 4.31 Å². The highest BCUT2D eigenvalue weighted by Crippen LogP contribution is 2.31. The Morgan fingerprint density at radius 3 is 2.82 bits per heavy atom. The number of sulfonamides is 1. The van der Waals surface area contributed by atoms with Crippen molar-refractivity contribution in [3.8, 4) is 5.75 Å². The third kappa shape index (κ3) is 4.45. The topological polar surface area (TPSA) is 120 Å². The maximum absolute atomic E-state index is 13.3. The molecule has 0 saturated carbocycles. The van der Waals surface area contributed by atoms with Crippen LogP contribution in [0.2, 0.25) is 0 Å². The first kappa shape index (κ1) is 23.2. The summed E-state index contributed by atoms with van der Waals surface area (Å²) < 4.78 is 40.3. The lowest BCUT2D eigenvalue weighted by molar-refractivity contribution is -0.119. The van der Waals surface area contributed by atoms with Crippen LogP contribution >= 0.6 is 11.3 Å². The summed E-state index contributed by atoms with van der Waals surface area (Å²) in [5, 5.41) is 3.14. The molecule has 1 atom stereocenters. The molecule has 3 heterocycles. The number of fused-ring (bicyclic) bond motifs is 1. The molecular formula is C21H24N4O6S2. The number of nitrogens with zero attached hydrogens (tertiary/aromatic N) is 3. The van der Waals surface area contributed by atoms with Crippen LogP contribution in [0.1, 0.15) is 30.3 Å². The van der Waals surface area contributed by atoms with Gasteiger partial charge < -0.3 is 19.4 Å². The second-order valence-corrected chi connectivity index (χ2v) is 10.4. The predicted molar refractivity (Wildman–Crippen MR) is 123 cm³/mol. The quantitative estimate of drug-likeness (QED) is 0.504. The fraction of sp³-hybridized carbons (Fsp3) is 0.381. The number of carbonyl (C=O) groups is 2. The molecule has 10 nitrogen and oxygen atoms in total. The van der Waals surface area contributed by atoms with Gasteiger partial charge in [0, 0.05) is 19.8 Å². The van der Waals surface area contributed by atoms with Crippen LogP contribution in [-0.4, -0.2) is 60.5 Å². The largest absolute Gasteiger partial charge is 0.497 e. The number of rotatable bonds is 7. The Bertz CT molecular complexity index is 1310. The van der Waals surface area contributed by atoms with Crippen LogP contribution in [0.3, 0.4) is 0 Å². The first-order valence-corrected chi connectivity index (χ1v) is 12.6. The van der Waals surface area contributed by atoms with Gasteiger partial charge in [0.05, 0.1) is 23.9 Å². The average Bonchev–Trinajstić information content (AvgIpc) is 3.51. The highest BCUT2D eigenvalue weighted by molar-refractivity contribution is 7.89. The van der Waals surface area contributed by atoms with Crippen LogP contribution in [0, 0.1) is 0 Å². The number of methoxy groups -OCH3 is 1. The fourth-order valence-electron chi connectivity index (χ4n) is 3.78. The van der Waals surface area contributed by atoms with Gasteiger partial charge in [0.25, 0.3) is 0 Å². The van der Waals surface area contributed by atoms with Crippen molar-refractivity contribution in [3.63, 3.8) is 0 Å². The highest BCUT2D eigenvalue weighted by Gasteiger charge is 2.40. The molecule has 3 aromatic rings. The second-order valence-electron chi connectivity index (χ2n) is 7.51. The molecule has 0 radical (unpaired) electrons. The van der Waals surface area contributed by atoms with Gasteiger partial charge in [0.15, 0.2) is 5.13 Å². The molecule has 33 heavy (non-hydrogen) atoms. The maximum atomic E-state index is 13.3. The number of anilines is 1. The van der Waals surface area contributed by atoms with E-state index < -0.39 is 27.9 Å². The molecular weight excluding hydrogens is 468 g/mol. The number of amides is 1. The van der Waals surface area contributed by atoms with Crippen molar-refractivity contribution < 1.29 is 27.5 Å². The van der Waals surface area contributed by atoms with Crippen LogP contribution in [0.15, 0.2) is 35.4 Å². The molecule has 176 valence electrons. The van der Waals surface area contributed by atoms with E-state index in [1.807, 2.05) is 6.07 Å². The summed E-state index contributed by atoms with van der Waals surface area (Å²) in [5.41, 5.74) is 0.836. The third-order valence-corrected chi connectivity index (χ3v) is 8.21. The molecule has 0 aliphatic carbocycles. The zero-order valence-electron chi connectivity index (χ0n) is 18.4. The van der Waals surface area contributed by atoms with Gasteiger partial charge in [-0.3, -0.25) is 4.79 Å². The molecule has 1 aromatic carbocycles. The standard InChI is InChI=1S/C21H24N4O6S2/c1-4-31-20(27)17-11-14(12-24(17)2)33(28,29)25-9-5-6-16(25)19(26)23-21-22-15-8-7-13(30-3)10-18(15)32-21/h7-8,10-12,16H,4-6,9H2,1-3H3,(H,22,23,26)/t16-/m1/s1. The van der Waals surface area contributed by atoms with Crippen molar-refractivity contribution in [2.45, 2.75) is 30.7 Å². The van der Waals surface area contributed by atoms with Crippen molar-refractivity contribution >= 4 is 48.6 Å². The third-order valence-electron chi connectivity index (χ3n) is 5.40. The molecule has 4 rings (SSSR count). The number of hydrogen-bond donors (Lipinski definition) is 1. The second kappa shape index (κ2) is 9.12. The van der Waals surface area contributed by atoms with Gasteiger partial charge in [-0.15, -0.1) is 0 Å². The number of hydrogen-bond acceptors (Lipinski definition) is 8. The summed E-state index contributed by atoms with van der Waals surface area (Å²) in [4.78, 5) is 29.5. The average molecular weight is 493 g/mol. The summed E-state index contributed by atoms with van der Waals surface area (Å²) in [6.07, 6.45) is 2.29. The van der Waals surface area contributed by atoms with Crippen LogP contribution in [0.4, 0.5) is 5.13 Å². The normalized spacial score (nSPS) is 16.8. The number of aryl methyl sites for hydroxylation is 1. The highest BCUT2D eigenvalue weighted by atomic mass is 32.2. The van der Waals surface area contributed by atoms with Crippen molar-refractivity contribution in [1.29, 1.82) is 0 Å². The Hall–Kier alpha value is -2.96. The number of benzene rings is 1. The molecule has 1 N–H and O–H groups in total. The number of nitrogens with one attached hydrogen (secondary N) is 1. The van der Waals surface area contributed by atoms with E-state index in [4.69, 9.17) is 9.47 Å².